The van der Waals surface area contributed by atoms with E-state index in [1.807, 2.05) is 0 Å². The molecule has 2 N–H and O–H groups in total. The number of hydrogen-bond donors (Lipinski definition) is 3. The normalized spacial score (nSPS) is 17.2. The van der Waals surface area contributed by atoms with E-state index in [4.69, 9.17) is 4.89 Å². The fourth-order valence-corrected chi connectivity index (χ4v) is 1.07. The Morgan fingerprint density at radius 1 is 1.89 bits per heavy atom. The molecule has 56 valence electrons. The van der Waals surface area contributed by atoms with E-state index in [0.29, 0.717) is 12.3 Å². The van der Waals surface area contributed by atoms with E-state index in [9.17, 15) is 4.57 Å². The first-order chi connectivity index (χ1) is 4.12. The maximum Gasteiger partial charge on any atom is 0.402 e. The Morgan fingerprint density at radius 2 is 2.44 bits per heavy atom. The van der Waals surface area contributed by atoms with Crippen molar-refractivity contribution in [1.82, 2.24) is 5.09 Å². The summed E-state index contributed by atoms with van der Waals surface area (Å²) in [6, 6.07) is 0. The minimum atomic E-state index is -3.49. The van der Waals surface area contributed by atoms with Crippen LogP contribution >= 0.6 is 20.4 Å². The summed E-state index contributed by atoms with van der Waals surface area (Å²) in [5.74, 6) is 0.508. The van der Waals surface area contributed by atoms with Crippen molar-refractivity contribution >= 4 is 20.4 Å². The standard InChI is InChI=1S/C3H10NO3PS/c1-7-8(5,6)4-2-3-9/h9H,2-3H2,1H3,(H2,4,5,6). The summed E-state index contributed by atoms with van der Waals surface area (Å²) in [5.41, 5.74) is 0. The molecular formula is C3H10NO3PS. The third kappa shape index (κ3) is 4.93. The molecule has 1 unspecified atom stereocenters. The molecule has 0 radical (unpaired) electrons. The molecule has 0 heterocycles. The first kappa shape index (κ1) is 9.46. The second-order valence-corrected chi connectivity index (χ2v) is 3.50. The van der Waals surface area contributed by atoms with Gasteiger partial charge in [-0.2, -0.15) is 12.6 Å². The molecule has 0 bridgehead atoms. The largest absolute Gasteiger partial charge is 0.402 e. The van der Waals surface area contributed by atoms with E-state index in [1.165, 1.54) is 7.11 Å². The van der Waals surface area contributed by atoms with Crippen molar-refractivity contribution in [2.24, 2.45) is 0 Å². The highest BCUT2D eigenvalue weighted by atomic mass is 32.1. The summed E-state index contributed by atoms with van der Waals surface area (Å²) in [6.07, 6.45) is 0. The van der Waals surface area contributed by atoms with E-state index in [2.05, 4.69) is 22.2 Å². The van der Waals surface area contributed by atoms with Gasteiger partial charge in [0.1, 0.15) is 0 Å². The Balaban J connectivity index is 3.46. The number of hydrogen-bond acceptors (Lipinski definition) is 3. The highest BCUT2D eigenvalue weighted by Gasteiger charge is 2.13. The predicted molar refractivity (Wildman–Crippen MR) is 38.7 cm³/mol. The summed E-state index contributed by atoms with van der Waals surface area (Å²) in [6.45, 7) is 0.366. The molecule has 0 aliphatic rings. The lowest BCUT2D eigenvalue weighted by atomic mass is 10.8. The van der Waals surface area contributed by atoms with Crippen molar-refractivity contribution in [2.75, 3.05) is 19.4 Å². The van der Waals surface area contributed by atoms with Crippen LogP contribution in [0.3, 0.4) is 0 Å². The lowest BCUT2D eigenvalue weighted by molar-refractivity contribution is 0.304. The molecule has 6 heteroatoms. The number of thiol groups is 1. The molecule has 0 spiro atoms. The van der Waals surface area contributed by atoms with Crippen LogP contribution in [-0.2, 0) is 9.09 Å². The van der Waals surface area contributed by atoms with Gasteiger partial charge in [0, 0.05) is 19.4 Å². The average molecular weight is 171 g/mol. The molecule has 4 nitrogen and oxygen atoms in total. The lowest BCUT2D eigenvalue weighted by Gasteiger charge is -2.07. The van der Waals surface area contributed by atoms with Gasteiger partial charge in [0.15, 0.2) is 0 Å². The average Bonchev–Trinajstić information content (AvgIpc) is 1.84. The van der Waals surface area contributed by atoms with Crippen molar-refractivity contribution in [1.29, 1.82) is 0 Å². The fourth-order valence-electron chi connectivity index (χ4n) is 0.256. The molecule has 0 aromatic heterocycles. The lowest BCUT2D eigenvalue weighted by Crippen LogP contribution is -2.13. The van der Waals surface area contributed by atoms with Gasteiger partial charge in [0.25, 0.3) is 0 Å². The Bertz CT molecular complexity index is 120. The van der Waals surface area contributed by atoms with E-state index < -0.39 is 7.75 Å². The van der Waals surface area contributed by atoms with Crippen LogP contribution < -0.4 is 5.09 Å². The predicted octanol–water partition coefficient (Wildman–Crippen LogP) is 0.253. The molecule has 0 amide bonds. The van der Waals surface area contributed by atoms with E-state index >= 15 is 0 Å². The van der Waals surface area contributed by atoms with Crippen LogP contribution in [0.2, 0.25) is 0 Å². The molecule has 0 aromatic carbocycles. The van der Waals surface area contributed by atoms with Crippen molar-refractivity contribution in [3.05, 3.63) is 0 Å². The maximum absolute atomic E-state index is 10.5. The summed E-state index contributed by atoms with van der Waals surface area (Å²) >= 11 is 3.82. The first-order valence-corrected chi connectivity index (χ1v) is 4.58. The molecule has 0 aromatic rings. The second kappa shape index (κ2) is 4.30. The van der Waals surface area contributed by atoms with Gasteiger partial charge >= 0.3 is 7.75 Å². The molecular weight excluding hydrogens is 161 g/mol. The quantitative estimate of drug-likeness (QED) is 0.419. The zero-order valence-electron chi connectivity index (χ0n) is 5.07. The first-order valence-electron chi connectivity index (χ1n) is 2.37. The highest BCUT2D eigenvalue weighted by molar-refractivity contribution is 7.80. The highest BCUT2D eigenvalue weighted by Crippen LogP contribution is 2.34. The van der Waals surface area contributed by atoms with Gasteiger partial charge in [-0.1, -0.05) is 0 Å². The molecule has 1 atom stereocenters. The molecule has 0 rings (SSSR count). The summed E-state index contributed by atoms with van der Waals surface area (Å²) in [7, 11) is -2.32. The van der Waals surface area contributed by atoms with Crippen LogP contribution in [0.5, 0.6) is 0 Å². The minimum Gasteiger partial charge on any atom is -0.312 e. The zero-order valence-corrected chi connectivity index (χ0v) is 6.86. The SMILES string of the molecule is COP(=O)(O)NCCS. The van der Waals surface area contributed by atoms with Crippen LogP contribution in [0.15, 0.2) is 0 Å². The topological polar surface area (TPSA) is 58.6 Å². The van der Waals surface area contributed by atoms with Crippen molar-refractivity contribution in [2.45, 2.75) is 0 Å². The Morgan fingerprint density at radius 3 is 2.78 bits per heavy atom. The third-order valence-electron chi connectivity index (χ3n) is 0.671. The van der Waals surface area contributed by atoms with Crippen molar-refractivity contribution in [3.8, 4) is 0 Å². The van der Waals surface area contributed by atoms with E-state index in [-0.39, 0.29) is 0 Å². The zero-order chi connectivity index (χ0) is 7.33. The Hall–Kier alpha value is 0.460. The number of rotatable bonds is 4. The number of nitrogens with one attached hydrogen (secondary N) is 1. The van der Waals surface area contributed by atoms with Gasteiger partial charge in [-0.3, -0.25) is 0 Å². The molecule has 9 heavy (non-hydrogen) atoms. The molecule has 0 aliphatic heterocycles. The fraction of sp³-hybridized carbons (Fsp3) is 1.00. The smallest absolute Gasteiger partial charge is 0.312 e. The van der Waals surface area contributed by atoms with Crippen LogP contribution in [-0.4, -0.2) is 24.3 Å². The van der Waals surface area contributed by atoms with Crippen LogP contribution in [0, 0.1) is 0 Å². The summed E-state index contributed by atoms with van der Waals surface area (Å²) in [5, 5.41) is 2.27. The van der Waals surface area contributed by atoms with Gasteiger partial charge in [0.2, 0.25) is 0 Å². The molecule has 0 saturated carbocycles. The third-order valence-corrected chi connectivity index (χ3v) is 2.01. The van der Waals surface area contributed by atoms with Crippen LogP contribution in [0.4, 0.5) is 0 Å². The van der Waals surface area contributed by atoms with E-state index in [0.717, 1.165) is 0 Å². The van der Waals surface area contributed by atoms with Crippen molar-refractivity contribution in [3.63, 3.8) is 0 Å². The molecule has 0 saturated heterocycles. The van der Waals surface area contributed by atoms with Crippen LogP contribution in [0.1, 0.15) is 0 Å². The minimum absolute atomic E-state index is 0.366. The Labute approximate surface area is 59.6 Å². The van der Waals surface area contributed by atoms with Crippen molar-refractivity contribution < 1.29 is 14.0 Å². The van der Waals surface area contributed by atoms with E-state index in [1.54, 1.807) is 0 Å². The van der Waals surface area contributed by atoms with Gasteiger partial charge < -0.3 is 9.42 Å². The van der Waals surface area contributed by atoms with Gasteiger partial charge in [-0.05, 0) is 0 Å². The maximum atomic E-state index is 10.5. The van der Waals surface area contributed by atoms with Crippen LogP contribution in [0.25, 0.3) is 0 Å². The summed E-state index contributed by atoms with van der Waals surface area (Å²) < 4.78 is 14.7. The Kier molecular flexibility index (Phi) is 4.52. The van der Waals surface area contributed by atoms with Gasteiger partial charge in [-0.15, -0.1) is 0 Å². The second-order valence-electron chi connectivity index (χ2n) is 1.33. The monoisotopic (exact) mass is 171 g/mol. The molecule has 0 aliphatic carbocycles. The van der Waals surface area contributed by atoms with Gasteiger partial charge in [-0.25, -0.2) is 9.65 Å². The summed E-state index contributed by atoms with van der Waals surface area (Å²) in [4.78, 5) is 8.64. The molecule has 0 fully saturated rings. The van der Waals surface area contributed by atoms with Gasteiger partial charge in [0.05, 0.1) is 0 Å².